The van der Waals surface area contributed by atoms with Gasteiger partial charge in [-0.3, -0.25) is 0 Å². The van der Waals surface area contributed by atoms with Gasteiger partial charge in [-0.2, -0.15) is 18.4 Å². The molecule has 2 rings (SSSR count). The highest BCUT2D eigenvalue weighted by Gasteiger charge is 2.25. The minimum atomic E-state index is -4.12. The van der Waals surface area contributed by atoms with Crippen LogP contribution < -0.4 is 0 Å². The van der Waals surface area contributed by atoms with E-state index in [0.717, 1.165) is 5.52 Å². The summed E-state index contributed by atoms with van der Waals surface area (Å²) in [6, 6.07) is 7.09. The molecule has 1 aromatic heterocycles. The van der Waals surface area contributed by atoms with Crippen LogP contribution in [0.15, 0.2) is 18.2 Å². The van der Waals surface area contributed by atoms with E-state index in [1.807, 2.05) is 6.07 Å². The number of alkyl halides is 4. The van der Waals surface area contributed by atoms with Crippen molar-refractivity contribution in [3.8, 4) is 6.07 Å². The van der Waals surface area contributed by atoms with E-state index in [0.29, 0.717) is 29.9 Å². The molecule has 0 bridgehead atoms. The first-order valence-corrected chi connectivity index (χ1v) is 7.00. The van der Waals surface area contributed by atoms with Crippen molar-refractivity contribution in [1.29, 1.82) is 5.26 Å². The number of aryl methyl sites for hydroxylation is 1. The second-order valence-corrected chi connectivity index (χ2v) is 4.97. The number of imidazole rings is 1. The number of aromatic nitrogens is 2. The fraction of sp³-hybridized carbons (Fsp3) is 0.429. The molecule has 0 unspecified atom stereocenters. The summed E-state index contributed by atoms with van der Waals surface area (Å²) in [7, 11) is 0. The SMILES string of the molecule is N#Cc1ccc2nc(CCl)n(CCCCC(F)(F)F)c2c1. The lowest BCUT2D eigenvalue weighted by Crippen LogP contribution is -2.08. The van der Waals surface area contributed by atoms with Crippen molar-refractivity contribution >= 4 is 22.6 Å². The standard InChI is InChI=1S/C14H13ClF3N3/c15-8-13-20-11-4-3-10(9-19)7-12(11)21(13)6-2-1-5-14(16,17)18/h3-4,7H,1-2,5-6,8H2. The van der Waals surface area contributed by atoms with Crippen LogP contribution in [0, 0.1) is 11.3 Å². The van der Waals surface area contributed by atoms with Crippen LogP contribution >= 0.6 is 11.6 Å². The van der Waals surface area contributed by atoms with Crippen molar-refractivity contribution in [1.82, 2.24) is 9.55 Å². The molecule has 2 aromatic rings. The average Bonchev–Trinajstić information content (AvgIpc) is 2.79. The highest BCUT2D eigenvalue weighted by Crippen LogP contribution is 2.24. The van der Waals surface area contributed by atoms with E-state index in [2.05, 4.69) is 4.98 Å². The Hall–Kier alpha value is -1.74. The van der Waals surface area contributed by atoms with Crippen LogP contribution in [-0.4, -0.2) is 15.7 Å². The average molecular weight is 316 g/mol. The molecule has 0 aliphatic heterocycles. The topological polar surface area (TPSA) is 41.6 Å². The second-order valence-electron chi connectivity index (χ2n) is 4.70. The minimum absolute atomic E-state index is 0.0584. The van der Waals surface area contributed by atoms with E-state index in [1.54, 1.807) is 22.8 Å². The fourth-order valence-electron chi connectivity index (χ4n) is 2.19. The highest BCUT2D eigenvalue weighted by atomic mass is 35.5. The first-order valence-electron chi connectivity index (χ1n) is 6.46. The number of hydrogen-bond donors (Lipinski definition) is 0. The van der Waals surface area contributed by atoms with Gasteiger partial charge in [-0.1, -0.05) is 0 Å². The van der Waals surface area contributed by atoms with Gasteiger partial charge in [-0.15, -0.1) is 11.6 Å². The molecule has 1 aromatic carbocycles. The molecule has 0 atom stereocenters. The molecule has 0 saturated carbocycles. The third-order valence-electron chi connectivity index (χ3n) is 3.17. The third-order valence-corrected chi connectivity index (χ3v) is 3.41. The van der Waals surface area contributed by atoms with Crippen LogP contribution in [-0.2, 0) is 12.4 Å². The molecule has 21 heavy (non-hydrogen) atoms. The van der Waals surface area contributed by atoms with Gasteiger partial charge in [0.05, 0.1) is 28.5 Å². The zero-order valence-electron chi connectivity index (χ0n) is 11.1. The number of unbranched alkanes of at least 4 members (excludes halogenated alkanes) is 1. The van der Waals surface area contributed by atoms with Gasteiger partial charge in [0.25, 0.3) is 0 Å². The zero-order valence-corrected chi connectivity index (χ0v) is 11.9. The molecule has 0 radical (unpaired) electrons. The molecule has 0 aliphatic rings. The van der Waals surface area contributed by atoms with Crippen molar-refractivity contribution in [3.63, 3.8) is 0 Å². The summed E-state index contributed by atoms with van der Waals surface area (Å²) in [5, 5.41) is 8.92. The van der Waals surface area contributed by atoms with E-state index in [1.165, 1.54) is 0 Å². The summed E-state index contributed by atoms with van der Waals surface area (Å²) >= 11 is 5.83. The van der Waals surface area contributed by atoms with Gasteiger partial charge in [0.15, 0.2) is 0 Å². The van der Waals surface area contributed by atoms with E-state index in [9.17, 15) is 13.2 Å². The Kier molecular flexibility index (Phi) is 4.73. The molecular weight excluding hydrogens is 303 g/mol. The van der Waals surface area contributed by atoms with Crippen molar-refractivity contribution in [3.05, 3.63) is 29.6 Å². The van der Waals surface area contributed by atoms with Crippen LogP contribution in [0.1, 0.15) is 30.7 Å². The van der Waals surface area contributed by atoms with Crippen LogP contribution in [0.5, 0.6) is 0 Å². The van der Waals surface area contributed by atoms with Gasteiger partial charge in [-0.25, -0.2) is 4.98 Å². The predicted molar refractivity (Wildman–Crippen MR) is 73.9 cm³/mol. The molecule has 0 fully saturated rings. The van der Waals surface area contributed by atoms with E-state index in [4.69, 9.17) is 16.9 Å². The maximum atomic E-state index is 12.1. The van der Waals surface area contributed by atoms with Gasteiger partial charge < -0.3 is 4.57 Å². The largest absolute Gasteiger partial charge is 0.389 e. The molecule has 112 valence electrons. The molecule has 0 aliphatic carbocycles. The van der Waals surface area contributed by atoms with Crippen molar-refractivity contribution in [2.45, 2.75) is 37.9 Å². The predicted octanol–water partition coefficient (Wildman–Crippen LogP) is 4.38. The van der Waals surface area contributed by atoms with Gasteiger partial charge in [0, 0.05) is 13.0 Å². The van der Waals surface area contributed by atoms with Gasteiger partial charge >= 0.3 is 6.18 Å². The first-order chi connectivity index (χ1) is 9.94. The smallest absolute Gasteiger partial charge is 0.327 e. The molecule has 3 nitrogen and oxygen atoms in total. The number of fused-ring (bicyclic) bond motifs is 1. The van der Waals surface area contributed by atoms with Crippen LogP contribution in [0.25, 0.3) is 11.0 Å². The minimum Gasteiger partial charge on any atom is -0.327 e. The van der Waals surface area contributed by atoms with E-state index >= 15 is 0 Å². The summed E-state index contributed by atoms with van der Waals surface area (Å²) in [4.78, 5) is 4.33. The van der Waals surface area contributed by atoms with E-state index in [-0.39, 0.29) is 12.3 Å². The molecule has 0 spiro atoms. The number of benzene rings is 1. The van der Waals surface area contributed by atoms with E-state index < -0.39 is 12.6 Å². The Morgan fingerprint density at radius 2 is 2.05 bits per heavy atom. The highest BCUT2D eigenvalue weighted by molar-refractivity contribution is 6.16. The third kappa shape index (κ3) is 3.88. The lowest BCUT2D eigenvalue weighted by molar-refractivity contribution is -0.135. The first kappa shape index (κ1) is 15.6. The summed E-state index contributed by atoms with van der Waals surface area (Å²) in [6.07, 6.45) is -4.48. The van der Waals surface area contributed by atoms with Gasteiger partial charge in [0.2, 0.25) is 0 Å². The Balaban J connectivity index is 2.19. The molecule has 0 amide bonds. The molecule has 0 N–H and O–H groups in total. The Morgan fingerprint density at radius 3 is 2.67 bits per heavy atom. The molecular formula is C14H13ClF3N3. The quantitative estimate of drug-likeness (QED) is 0.607. The monoisotopic (exact) mass is 315 g/mol. The Labute approximate surface area is 124 Å². The number of nitrogens with zero attached hydrogens (tertiary/aromatic N) is 3. The number of hydrogen-bond acceptors (Lipinski definition) is 2. The van der Waals surface area contributed by atoms with Crippen LogP contribution in [0.3, 0.4) is 0 Å². The summed E-state index contributed by atoms with van der Waals surface area (Å²) in [5.74, 6) is 0.782. The number of halogens is 4. The van der Waals surface area contributed by atoms with Crippen molar-refractivity contribution in [2.75, 3.05) is 0 Å². The van der Waals surface area contributed by atoms with Crippen molar-refractivity contribution in [2.24, 2.45) is 0 Å². The zero-order chi connectivity index (χ0) is 15.5. The number of rotatable bonds is 5. The normalized spacial score (nSPS) is 11.8. The van der Waals surface area contributed by atoms with Crippen molar-refractivity contribution < 1.29 is 13.2 Å². The summed E-state index contributed by atoms with van der Waals surface area (Å²) < 4.78 is 38.2. The molecule has 1 heterocycles. The van der Waals surface area contributed by atoms with Crippen LogP contribution in [0.4, 0.5) is 13.2 Å². The fourth-order valence-corrected chi connectivity index (χ4v) is 2.39. The maximum absolute atomic E-state index is 12.1. The molecule has 7 heteroatoms. The molecule has 0 saturated heterocycles. The second kappa shape index (κ2) is 6.35. The Morgan fingerprint density at radius 1 is 1.29 bits per heavy atom. The Bertz CT molecular complexity index is 670. The number of nitriles is 1. The van der Waals surface area contributed by atoms with Gasteiger partial charge in [-0.05, 0) is 31.0 Å². The summed E-state index contributed by atoms with van der Waals surface area (Å²) in [5.41, 5.74) is 1.91. The maximum Gasteiger partial charge on any atom is 0.389 e. The van der Waals surface area contributed by atoms with Gasteiger partial charge in [0.1, 0.15) is 5.82 Å². The van der Waals surface area contributed by atoms with Crippen LogP contribution in [0.2, 0.25) is 0 Å². The summed E-state index contributed by atoms with van der Waals surface area (Å²) in [6.45, 7) is 0.406. The lowest BCUT2D eigenvalue weighted by atomic mass is 10.2. The lowest BCUT2D eigenvalue weighted by Gasteiger charge is -2.09.